The zero-order valence-electron chi connectivity index (χ0n) is 10.1. The van der Waals surface area contributed by atoms with E-state index in [1.165, 1.54) is 11.1 Å². The van der Waals surface area contributed by atoms with Crippen molar-refractivity contribution >= 4 is 5.69 Å². The Bertz CT molecular complexity index is 561. The SMILES string of the molecule is CCn1ccc(C)c(N)c1=O.c1cc2ccc1-2. The lowest BCUT2D eigenvalue weighted by atomic mass is 9.95. The number of rotatable bonds is 1. The molecule has 0 aromatic carbocycles. The van der Waals surface area contributed by atoms with Crippen LogP contribution in [-0.4, -0.2) is 4.57 Å². The van der Waals surface area contributed by atoms with Crippen molar-refractivity contribution in [3.63, 3.8) is 0 Å². The average molecular weight is 228 g/mol. The highest BCUT2D eigenvalue weighted by atomic mass is 16.1. The van der Waals surface area contributed by atoms with Crippen molar-refractivity contribution in [1.29, 1.82) is 0 Å². The summed E-state index contributed by atoms with van der Waals surface area (Å²) < 4.78 is 1.59. The molecular weight excluding hydrogens is 212 g/mol. The van der Waals surface area contributed by atoms with Crippen LogP contribution >= 0.6 is 0 Å². The van der Waals surface area contributed by atoms with E-state index in [1.54, 1.807) is 10.8 Å². The molecule has 3 rings (SSSR count). The number of aromatic nitrogens is 1. The van der Waals surface area contributed by atoms with Crippen LogP contribution in [0.1, 0.15) is 12.5 Å². The lowest BCUT2D eigenvalue weighted by molar-refractivity contribution is 0.728. The number of hydrogen-bond acceptors (Lipinski definition) is 2. The van der Waals surface area contributed by atoms with Crippen LogP contribution in [0.5, 0.6) is 0 Å². The first kappa shape index (κ1) is 11.5. The molecule has 2 N–H and O–H groups in total. The normalized spacial score (nSPS) is 10.5. The molecule has 17 heavy (non-hydrogen) atoms. The monoisotopic (exact) mass is 228 g/mol. The van der Waals surface area contributed by atoms with Crippen molar-refractivity contribution in [2.45, 2.75) is 20.4 Å². The predicted octanol–water partition coefficient (Wildman–Crippen LogP) is 2.43. The summed E-state index contributed by atoms with van der Waals surface area (Å²) in [5, 5.41) is 0. The number of anilines is 1. The largest absolute Gasteiger partial charge is 0.394 e. The second-order valence-corrected chi connectivity index (χ2v) is 4.08. The molecule has 0 fully saturated rings. The number of hydrogen-bond donors (Lipinski definition) is 1. The minimum atomic E-state index is -0.0903. The topological polar surface area (TPSA) is 48.0 Å². The molecule has 1 heterocycles. The first-order valence-corrected chi connectivity index (χ1v) is 5.69. The van der Waals surface area contributed by atoms with Gasteiger partial charge in [0.25, 0.3) is 5.56 Å². The molecule has 0 bridgehead atoms. The fourth-order valence-corrected chi connectivity index (χ4v) is 1.59. The molecule has 0 amide bonds. The van der Waals surface area contributed by atoms with Gasteiger partial charge in [-0.05, 0) is 36.6 Å². The van der Waals surface area contributed by atoms with E-state index in [4.69, 9.17) is 5.73 Å². The molecule has 1 aromatic rings. The molecule has 2 aliphatic rings. The molecule has 3 heteroatoms. The first-order chi connectivity index (χ1) is 8.13. The Balaban J connectivity index is 0.000000148. The average Bonchev–Trinajstić information content (AvgIpc) is 2.32. The van der Waals surface area contributed by atoms with Crippen molar-refractivity contribution in [2.75, 3.05) is 5.73 Å². The van der Waals surface area contributed by atoms with Gasteiger partial charge in [-0.3, -0.25) is 4.79 Å². The van der Waals surface area contributed by atoms with Crippen LogP contribution in [0.4, 0.5) is 5.69 Å². The van der Waals surface area contributed by atoms with E-state index in [0.717, 1.165) is 5.56 Å². The van der Waals surface area contributed by atoms with Crippen LogP contribution in [-0.2, 0) is 6.54 Å². The van der Waals surface area contributed by atoms with Crippen LogP contribution in [0.25, 0.3) is 11.1 Å². The minimum absolute atomic E-state index is 0.0903. The van der Waals surface area contributed by atoms with Crippen LogP contribution in [0.15, 0.2) is 41.3 Å². The molecule has 0 unspecified atom stereocenters. The molecule has 0 atom stereocenters. The maximum absolute atomic E-state index is 11.3. The summed E-state index contributed by atoms with van der Waals surface area (Å²) in [5.41, 5.74) is 9.49. The zero-order chi connectivity index (χ0) is 12.4. The predicted molar refractivity (Wildman–Crippen MR) is 71.0 cm³/mol. The number of nitrogens with zero attached hydrogens (tertiary/aromatic N) is 1. The van der Waals surface area contributed by atoms with Crippen molar-refractivity contribution in [3.8, 4) is 11.1 Å². The lowest BCUT2D eigenvalue weighted by Gasteiger charge is -2.10. The highest BCUT2D eigenvalue weighted by Gasteiger charge is 2.04. The standard InChI is InChI=1S/C8H12N2O.C6H4/c1-3-10-5-4-6(2)7(9)8(10)11;1-2-6-4-3-5(1)6/h4-5H,3,9H2,1-2H3;1-4H. The Morgan fingerprint density at radius 2 is 1.65 bits per heavy atom. The molecular formula is C14H16N2O. The number of aryl methyl sites for hydroxylation is 2. The van der Waals surface area contributed by atoms with E-state index >= 15 is 0 Å². The number of pyridine rings is 1. The van der Waals surface area contributed by atoms with Crippen molar-refractivity contribution in [2.24, 2.45) is 0 Å². The molecule has 0 spiro atoms. The third kappa shape index (κ3) is 2.09. The van der Waals surface area contributed by atoms with Gasteiger partial charge in [0, 0.05) is 12.7 Å². The van der Waals surface area contributed by atoms with Crippen LogP contribution in [0, 0.1) is 6.92 Å². The van der Waals surface area contributed by atoms with Gasteiger partial charge in [0.15, 0.2) is 0 Å². The Morgan fingerprint density at radius 3 is 2.00 bits per heavy atom. The number of fused-ring (bicyclic) bond motifs is 1. The Hall–Kier alpha value is -2.03. The minimum Gasteiger partial charge on any atom is -0.394 e. The van der Waals surface area contributed by atoms with E-state index in [-0.39, 0.29) is 5.56 Å². The van der Waals surface area contributed by atoms with Crippen molar-refractivity contribution in [1.82, 2.24) is 4.57 Å². The summed E-state index contributed by atoms with van der Waals surface area (Å²) in [7, 11) is 0. The molecule has 0 aliphatic heterocycles. The molecule has 0 radical (unpaired) electrons. The fraction of sp³-hybridized carbons (Fsp3) is 0.214. The van der Waals surface area contributed by atoms with E-state index in [0.29, 0.717) is 12.2 Å². The summed E-state index contributed by atoms with van der Waals surface area (Å²) in [6.45, 7) is 4.41. The summed E-state index contributed by atoms with van der Waals surface area (Å²) in [4.78, 5) is 11.3. The van der Waals surface area contributed by atoms with Gasteiger partial charge in [0.1, 0.15) is 5.69 Å². The van der Waals surface area contributed by atoms with Gasteiger partial charge in [-0.25, -0.2) is 0 Å². The molecule has 88 valence electrons. The first-order valence-electron chi connectivity index (χ1n) is 5.69. The zero-order valence-corrected chi connectivity index (χ0v) is 10.1. The third-order valence-corrected chi connectivity index (χ3v) is 2.98. The summed E-state index contributed by atoms with van der Waals surface area (Å²) in [6.07, 6.45) is 1.76. The fourth-order valence-electron chi connectivity index (χ4n) is 1.59. The highest BCUT2D eigenvalue weighted by molar-refractivity contribution is 5.75. The van der Waals surface area contributed by atoms with Gasteiger partial charge < -0.3 is 10.3 Å². The Morgan fingerprint density at radius 1 is 1.12 bits per heavy atom. The summed E-state index contributed by atoms with van der Waals surface area (Å²) in [5.74, 6) is 0. The number of nitrogens with two attached hydrogens (primary N) is 1. The van der Waals surface area contributed by atoms with E-state index in [1.807, 2.05) is 19.9 Å². The van der Waals surface area contributed by atoms with Crippen LogP contribution in [0.2, 0.25) is 0 Å². The van der Waals surface area contributed by atoms with E-state index in [2.05, 4.69) is 24.3 Å². The Kier molecular flexibility index (Phi) is 3.00. The summed E-state index contributed by atoms with van der Waals surface area (Å²) >= 11 is 0. The van der Waals surface area contributed by atoms with Crippen molar-refractivity contribution < 1.29 is 0 Å². The van der Waals surface area contributed by atoms with E-state index in [9.17, 15) is 4.79 Å². The molecule has 0 saturated heterocycles. The summed E-state index contributed by atoms with van der Waals surface area (Å²) in [6, 6.07) is 10.3. The van der Waals surface area contributed by atoms with Gasteiger partial charge in [-0.15, -0.1) is 0 Å². The van der Waals surface area contributed by atoms with Gasteiger partial charge in [-0.1, -0.05) is 24.3 Å². The smallest absolute Gasteiger partial charge is 0.273 e. The van der Waals surface area contributed by atoms with Gasteiger partial charge in [-0.2, -0.15) is 0 Å². The molecule has 0 saturated carbocycles. The number of nitrogen functional groups attached to an aromatic ring is 1. The lowest BCUT2D eigenvalue weighted by Crippen LogP contribution is -2.22. The third-order valence-electron chi connectivity index (χ3n) is 2.98. The second kappa shape index (κ2) is 4.45. The van der Waals surface area contributed by atoms with Gasteiger partial charge >= 0.3 is 0 Å². The maximum atomic E-state index is 11.3. The van der Waals surface area contributed by atoms with Crippen LogP contribution in [0.3, 0.4) is 0 Å². The van der Waals surface area contributed by atoms with E-state index < -0.39 is 0 Å². The molecule has 3 nitrogen and oxygen atoms in total. The quantitative estimate of drug-likeness (QED) is 0.695. The molecule has 1 aromatic heterocycles. The number of benzene rings is 1. The Labute approximate surface area is 101 Å². The van der Waals surface area contributed by atoms with Gasteiger partial charge in [0.05, 0.1) is 0 Å². The maximum Gasteiger partial charge on any atom is 0.273 e. The second-order valence-electron chi connectivity index (χ2n) is 4.08. The highest BCUT2D eigenvalue weighted by Crippen LogP contribution is 2.29. The van der Waals surface area contributed by atoms with Crippen LogP contribution < -0.4 is 11.3 Å². The van der Waals surface area contributed by atoms with Crippen molar-refractivity contribution in [3.05, 3.63) is 52.4 Å². The molecule has 2 aliphatic carbocycles. The van der Waals surface area contributed by atoms with Gasteiger partial charge in [0.2, 0.25) is 0 Å².